The van der Waals surface area contributed by atoms with Crippen molar-refractivity contribution >= 4 is 17.6 Å². The molecule has 1 aliphatic rings. The number of anilines is 1. The smallest absolute Gasteiger partial charge is 0.454 e. The molecule has 1 amide bonds. The van der Waals surface area contributed by atoms with E-state index in [0.29, 0.717) is 17.2 Å². The third-order valence-electron chi connectivity index (χ3n) is 3.62. The molecule has 148 valence electrons. The van der Waals surface area contributed by atoms with E-state index in [9.17, 15) is 22.8 Å². The molecule has 7 nitrogen and oxygen atoms in total. The second kappa shape index (κ2) is 7.67. The number of fused-ring (bicyclic) bond motifs is 1. The predicted molar refractivity (Wildman–Crippen MR) is 89.2 cm³/mol. The molecule has 10 heteroatoms. The lowest BCUT2D eigenvalue weighted by Gasteiger charge is -2.14. The maximum Gasteiger partial charge on any atom is 0.573 e. The number of halogens is 3. The maximum atomic E-state index is 12.2. The number of nitrogens with one attached hydrogen (secondary N) is 1. The summed E-state index contributed by atoms with van der Waals surface area (Å²) >= 11 is 0. The number of hydrogen-bond acceptors (Lipinski definition) is 6. The number of carbonyl (C=O) groups is 2. The molecule has 0 saturated carbocycles. The average molecular weight is 397 g/mol. The van der Waals surface area contributed by atoms with E-state index >= 15 is 0 Å². The second-order valence-electron chi connectivity index (χ2n) is 5.68. The molecule has 28 heavy (non-hydrogen) atoms. The van der Waals surface area contributed by atoms with Gasteiger partial charge in [0.15, 0.2) is 17.6 Å². The highest BCUT2D eigenvalue weighted by molar-refractivity contribution is 5.97. The van der Waals surface area contributed by atoms with Gasteiger partial charge in [0.1, 0.15) is 5.75 Å². The zero-order valence-corrected chi connectivity index (χ0v) is 14.4. The third kappa shape index (κ3) is 4.84. The first-order valence-electron chi connectivity index (χ1n) is 7.98. The van der Waals surface area contributed by atoms with Crippen LogP contribution in [0.4, 0.5) is 18.9 Å². The number of esters is 1. The van der Waals surface area contributed by atoms with Gasteiger partial charge < -0.3 is 24.3 Å². The summed E-state index contributed by atoms with van der Waals surface area (Å²) in [5.41, 5.74) is 0.392. The Morgan fingerprint density at radius 1 is 1.07 bits per heavy atom. The summed E-state index contributed by atoms with van der Waals surface area (Å²) in [6.45, 7) is 1.45. The van der Waals surface area contributed by atoms with Gasteiger partial charge in [-0.1, -0.05) is 0 Å². The zero-order chi connectivity index (χ0) is 20.3. The normalized spacial score (nSPS) is 13.6. The highest BCUT2D eigenvalue weighted by Gasteiger charge is 2.31. The van der Waals surface area contributed by atoms with Crippen LogP contribution in [0, 0.1) is 0 Å². The van der Waals surface area contributed by atoms with Crippen LogP contribution in [0.25, 0.3) is 0 Å². The van der Waals surface area contributed by atoms with Crippen LogP contribution in [-0.2, 0) is 9.53 Å². The van der Waals surface area contributed by atoms with E-state index < -0.39 is 30.1 Å². The average Bonchev–Trinajstić information content (AvgIpc) is 3.08. The van der Waals surface area contributed by atoms with Crippen LogP contribution in [0.3, 0.4) is 0 Å². The van der Waals surface area contributed by atoms with Gasteiger partial charge in [-0.3, -0.25) is 4.79 Å². The molecule has 1 N–H and O–H groups in total. The lowest BCUT2D eigenvalue weighted by atomic mass is 10.2. The molecule has 0 bridgehead atoms. The topological polar surface area (TPSA) is 83.1 Å². The minimum absolute atomic E-state index is 0.0303. The van der Waals surface area contributed by atoms with Crippen molar-refractivity contribution in [1.82, 2.24) is 0 Å². The van der Waals surface area contributed by atoms with Crippen molar-refractivity contribution in [3.05, 3.63) is 48.0 Å². The Labute approximate surface area is 156 Å². The van der Waals surface area contributed by atoms with Gasteiger partial charge in [0, 0.05) is 11.8 Å². The van der Waals surface area contributed by atoms with Crippen LogP contribution in [0.5, 0.6) is 17.2 Å². The number of benzene rings is 2. The van der Waals surface area contributed by atoms with Crippen LogP contribution >= 0.6 is 0 Å². The van der Waals surface area contributed by atoms with Gasteiger partial charge in [-0.25, -0.2) is 4.79 Å². The summed E-state index contributed by atoms with van der Waals surface area (Å²) < 4.78 is 55.5. The monoisotopic (exact) mass is 397 g/mol. The Morgan fingerprint density at radius 2 is 1.75 bits per heavy atom. The molecule has 1 atom stereocenters. The van der Waals surface area contributed by atoms with E-state index in [4.69, 9.17) is 14.2 Å². The molecule has 2 aromatic rings. The summed E-state index contributed by atoms with van der Waals surface area (Å²) in [5.74, 6) is -0.909. The predicted octanol–water partition coefficient (Wildman–Crippen LogP) is 3.50. The molecular formula is C18H14F3NO6. The molecule has 0 unspecified atom stereocenters. The fourth-order valence-electron chi connectivity index (χ4n) is 2.29. The van der Waals surface area contributed by atoms with Crippen molar-refractivity contribution in [3.63, 3.8) is 0 Å². The summed E-state index contributed by atoms with van der Waals surface area (Å²) in [6, 6.07) is 8.94. The Bertz CT molecular complexity index is 882. The van der Waals surface area contributed by atoms with E-state index in [0.717, 1.165) is 24.3 Å². The van der Waals surface area contributed by atoms with Crippen LogP contribution in [0.15, 0.2) is 42.5 Å². The first kappa shape index (κ1) is 19.3. The SMILES string of the molecule is C[C@H](OC(=O)c1ccc(OC(F)(F)F)cc1)C(=O)Nc1ccc2c(c1)OCO2. The number of alkyl halides is 3. The van der Waals surface area contributed by atoms with Crippen molar-refractivity contribution in [2.45, 2.75) is 19.4 Å². The number of ether oxygens (including phenoxy) is 4. The molecule has 0 aromatic heterocycles. The maximum absolute atomic E-state index is 12.2. The highest BCUT2D eigenvalue weighted by atomic mass is 19.4. The van der Waals surface area contributed by atoms with Gasteiger partial charge in [-0.15, -0.1) is 13.2 Å². The first-order valence-corrected chi connectivity index (χ1v) is 7.98. The number of amides is 1. The fraction of sp³-hybridized carbons (Fsp3) is 0.222. The number of rotatable bonds is 5. The Kier molecular flexibility index (Phi) is 5.30. The van der Waals surface area contributed by atoms with Gasteiger partial charge in [0.25, 0.3) is 5.91 Å². The van der Waals surface area contributed by atoms with Gasteiger partial charge in [0.05, 0.1) is 5.56 Å². The lowest BCUT2D eigenvalue weighted by molar-refractivity contribution is -0.274. The van der Waals surface area contributed by atoms with Gasteiger partial charge in [0.2, 0.25) is 6.79 Å². The Balaban J connectivity index is 1.56. The van der Waals surface area contributed by atoms with Gasteiger partial charge in [-0.2, -0.15) is 0 Å². The minimum Gasteiger partial charge on any atom is -0.454 e. The number of hydrogen-bond donors (Lipinski definition) is 1. The minimum atomic E-state index is -4.83. The van der Waals surface area contributed by atoms with Crippen LogP contribution < -0.4 is 19.5 Å². The standard InChI is InChI=1S/C18H14F3NO6/c1-10(16(23)22-12-4-7-14-15(8-12)26-9-25-14)27-17(24)11-2-5-13(6-3-11)28-18(19,20)21/h2-8,10H,9H2,1H3,(H,22,23)/t10-/m0/s1. The van der Waals surface area contributed by atoms with Crippen molar-refractivity contribution in [2.24, 2.45) is 0 Å². The third-order valence-corrected chi connectivity index (χ3v) is 3.62. The van der Waals surface area contributed by atoms with Crippen molar-refractivity contribution < 1.29 is 41.7 Å². The molecule has 1 aliphatic heterocycles. The Morgan fingerprint density at radius 3 is 2.43 bits per heavy atom. The molecular weight excluding hydrogens is 383 g/mol. The molecule has 0 radical (unpaired) electrons. The molecule has 0 fully saturated rings. The molecule has 0 spiro atoms. The Hall–Kier alpha value is -3.43. The van der Waals surface area contributed by atoms with Crippen molar-refractivity contribution in [3.8, 4) is 17.2 Å². The van der Waals surface area contributed by atoms with Crippen molar-refractivity contribution in [1.29, 1.82) is 0 Å². The van der Waals surface area contributed by atoms with E-state index in [1.54, 1.807) is 18.2 Å². The largest absolute Gasteiger partial charge is 0.573 e. The van der Waals surface area contributed by atoms with Gasteiger partial charge in [-0.05, 0) is 43.3 Å². The molecule has 3 rings (SSSR count). The van der Waals surface area contributed by atoms with E-state index in [1.807, 2.05) is 0 Å². The fourth-order valence-corrected chi connectivity index (χ4v) is 2.29. The highest BCUT2D eigenvalue weighted by Crippen LogP contribution is 2.34. The zero-order valence-electron chi connectivity index (χ0n) is 14.4. The lowest BCUT2D eigenvalue weighted by Crippen LogP contribution is -2.30. The van der Waals surface area contributed by atoms with E-state index in [2.05, 4.69) is 10.1 Å². The van der Waals surface area contributed by atoms with Gasteiger partial charge >= 0.3 is 12.3 Å². The van der Waals surface area contributed by atoms with Crippen LogP contribution in [0.2, 0.25) is 0 Å². The summed E-state index contributed by atoms with van der Waals surface area (Å²) in [5, 5.41) is 2.57. The summed E-state index contributed by atoms with van der Waals surface area (Å²) in [4.78, 5) is 24.2. The first-order chi connectivity index (χ1) is 13.2. The van der Waals surface area contributed by atoms with E-state index in [-0.39, 0.29) is 12.4 Å². The van der Waals surface area contributed by atoms with Crippen LogP contribution in [0.1, 0.15) is 17.3 Å². The van der Waals surface area contributed by atoms with E-state index in [1.165, 1.54) is 6.92 Å². The number of carbonyl (C=O) groups excluding carboxylic acids is 2. The summed E-state index contributed by atoms with van der Waals surface area (Å²) in [7, 11) is 0. The molecule has 1 heterocycles. The molecule has 0 aliphatic carbocycles. The summed E-state index contributed by atoms with van der Waals surface area (Å²) in [6.07, 6.45) is -5.98. The quantitative estimate of drug-likeness (QED) is 0.778. The van der Waals surface area contributed by atoms with Crippen LogP contribution in [-0.4, -0.2) is 31.1 Å². The second-order valence-corrected chi connectivity index (χ2v) is 5.68. The molecule has 2 aromatic carbocycles. The van der Waals surface area contributed by atoms with Crippen molar-refractivity contribution in [2.75, 3.05) is 12.1 Å². The molecule has 0 saturated heterocycles.